The van der Waals surface area contributed by atoms with Crippen molar-refractivity contribution in [2.24, 2.45) is 0 Å². The summed E-state index contributed by atoms with van der Waals surface area (Å²) in [6.45, 7) is 0. The van der Waals surface area contributed by atoms with E-state index in [1.54, 1.807) is 11.3 Å². The first-order chi connectivity index (χ1) is 12.8. The van der Waals surface area contributed by atoms with E-state index in [4.69, 9.17) is 0 Å². The lowest BCUT2D eigenvalue weighted by atomic mass is 10.2. The van der Waals surface area contributed by atoms with Gasteiger partial charge in [-0.1, -0.05) is 30.0 Å². The summed E-state index contributed by atoms with van der Waals surface area (Å²) in [5.74, 6) is 6.14. The van der Waals surface area contributed by atoms with E-state index in [1.165, 1.54) is 0 Å². The van der Waals surface area contributed by atoms with Crippen LogP contribution in [0.25, 0.3) is 5.65 Å². The van der Waals surface area contributed by atoms with Crippen LogP contribution in [0, 0.1) is 11.8 Å². The molecule has 5 heteroatoms. The average molecular weight is 357 g/mol. The number of pyridine rings is 1. The van der Waals surface area contributed by atoms with Gasteiger partial charge in [0.2, 0.25) is 5.91 Å². The highest BCUT2D eigenvalue weighted by Gasteiger charge is 2.08. The topological polar surface area (TPSA) is 46.4 Å². The van der Waals surface area contributed by atoms with Gasteiger partial charge in [-0.25, -0.2) is 4.98 Å². The fourth-order valence-electron chi connectivity index (χ4n) is 2.60. The van der Waals surface area contributed by atoms with Crippen molar-refractivity contribution >= 4 is 28.6 Å². The van der Waals surface area contributed by atoms with Crippen molar-refractivity contribution in [3.8, 4) is 11.8 Å². The van der Waals surface area contributed by atoms with Crippen molar-refractivity contribution in [3.05, 3.63) is 88.5 Å². The Morgan fingerprint density at radius 3 is 2.92 bits per heavy atom. The van der Waals surface area contributed by atoms with Crippen molar-refractivity contribution in [1.82, 2.24) is 9.38 Å². The number of hydrogen-bond donors (Lipinski definition) is 1. The summed E-state index contributed by atoms with van der Waals surface area (Å²) in [4.78, 5) is 17.8. The van der Waals surface area contributed by atoms with Gasteiger partial charge in [-0.3, -0.25) is 4.79 Å². The Bertz CT molecular complexity index is 1080. The van der Waals surface area contributed by atoms with Gasteiger partial charge in [-0.2, -0.15) is 0 Å². The van der Waals surface area contributed by atoms with Crippen LogP contribution in [-0.2, 0) is 11.2 Å². The molecule has 0 saturated heterocycles. The third kappa shape index (κ3) is 3.82. The van der Waals surface area contributed by atoms with E-state index in [0.29, 0.717) is 0 Å². The summed E-state index contributed by atoms with van der Waals surface area (Å²) < 4.78 is 1.91. The normalized spacial score (nSPS) is 10.3. The van der Waals surface area contributed by atoms with Gasteiger partial charge in [-0.05, 0) is 41.8 Å². The molecule has 1 amide bonds. The van der Waals surface area contributed by atoms with Gasteiger partial charge in [0.15, 0.2) is 0 Å². The molecule has 1 aromatic carbocycles. The molecule has 3 aromatic heterocycles. The molecule has 4 rings (SSSR count). The number of rotatable bonds is 3. The molecule has 0 aliphatic rings. The van der Waals surface area contributed by atoms with E-state index in [0.717, 1.165) is 27.5 Å². The van der Waals surface area contributed by atoms with E-state index in [-0.39, 0.29) is 12.3 Å². The van der Waals surface area contributed by atoms with Crippen LogP contribution in [0.4, 0.5) is 5.69 Å². The molecule has 1 N–H and O–H groups in total. The zero-order valence-electron chi connectivity index (χ0n) is 13.8. The molecule has 3 heterocycles. The van der Waals surface area contributed by atoms with Crippen LogP contribution >= 0.6 is 11.3 Å². The molecular weight excluding hydrogens is 342 g/mol. The lowest BCUT2D eigenvalue weighted by Crippen LogP contribution is -2.14. The number of aromatic nitrogens is 2. The maximum atomic E-state index is 12.3. The second-order valence-corrected chi connectivity index (χ2v) is 6.68. The Balaban J connectivity index is 1.44. The van der Waals surface area contributed by atoms with Crippen LogP contribution in [-0.4, -0.2) is 15.3 Å². The molecule has 0 spiro atoms. The van der Waals surface area contributed by atoms with Crippen LogP contribution in [0.5, 0.6) is 0 Å². The molecule has 126 valence electrons. The average Bonchev–Trinajstić information content (AvgIpc) is 3.29. The van der Waals surface area contributed by atoms with E-state index in [2.05, 4.69) is 22.1 Å². The number of nitrogens with zero attached hydrogens (tertiary/aromatic N) is 2. The number of nitrogens with one attached hydrogen (secondary N) is 1. The number of hydrogen-bond acceptors (Lipinski definition) is 3. The summed E-state index contributed by atoms with van der Waals surface area (Å²) in [6.07, 6.45) is 4.02. The van der Waals surface area contributed by atoms with E-state index in [9.17, 15) is 4.79 Å². The van der Waals surface area contributed by atoms with Crippen LogP contribution in [0.2, 0.25) is 0 Å². The zero-order chi connectivity index (χ0) is 17.8. The Morgan fingerprint density at radius 2 is 2.08 bits per heavy atom. The van der Waals surface area contributed by atoms with Crippen molar-refractivity contribution in [2.45, 2.75) is 6.42 Å². The molecule has 0 fully saturated rings. The second-order valence-electron chi connectivity index (χ2n) is 5.73. The van der Waals surface area contributed by atoms with Gasteiger partial charge in [0.05, 0.1) is 17.0 Å². The molecular formula is C21H15N3OS. The highest BCUT2D eigenvalue weighted by Crippen LogP contribution is 2.12. The zero-order valence-corrected chi connectivity index (χ0v) is 14.7. The molecule has 0 aliphatic carbocycles. The summed E-state index contributed by atoms with van der Waals surface area (Å²) in [5, 5.41) is 4.91. The SMILES string of the molecule is O=C(Cc1cn2ccccc2n1)Nc1cccc(C#Cc2cccs2)c1. The van der Waals surface area contributed by atoms with Gasteiger partial charge >= 0.3 is 0 Å². The number of carbonyl (C=O) groups is 1. The third-order valence-electron chi connectivity index (χ3n) is 3.75. The number of imidazole rings is 1. The number of anilines is 1. The van der Waals surface area contributed by atoms with Crippen molar-refractivity contribution in [2.75, 3.05) is 5.32 Å². The first kappa shape index (κ1) is 16.1. The predicted molar refractivity (Wildman–Crippen MR) is 104 cm³/mol. The lowest BCUT2D eigenvalue weighted by molar-refractivity contribution is -0.115. The van der Waals surface area contributed by atoms with Crippen LogP contribution < -0.4 is 5.32 Å². The molecule has 4 nitrogen and oxygen atoms in total. The van der Waals surface area contributed by atoms with Gasteiger partial charge in [0.1, 0.15) is 5.65 Å². The fourth-order valence-corrected chi connectivity index (χ4v) is 3.17. The smallest absolute Gasteiger partial charge is 0.230 e. The van der Waals surface area contributed by atoms with Crippen LogP contribution in [0.1, 0.15) is 16.1 Å². The van der Waals surface area contributed by atoms with Gasteiger partial charge in [-0.15, -0.1) is 11.3 Å². The third-order valence-corrected chi connectivity index (χ3v) is 4.54. The summed E-state index contributed by atoms with van der Waals surface area (Å²) in [5.41, 5.74) is 3.17. The van der Waals surface area contributed by atoms with Crippen molar-refractivity contribution < 1.29 is 4.79 Å². The number of thiophene rings is 1. The minimum absolute atomic E-state index is 0.100. The first-order valence-corrected chi connectivity index (χ1v) is 9.02. The number of fused-ring (bicyclic) bond motifs is 1. The van der Waals surface area contributed by atoms with Crippen LogP contribution in [0.3, 0.4) is 0 Å². The molecule has 26 heavy (non-hydrogen) atoms. The molecule has 0 aliphatic heterocycles. The minimum atomic E-state index is -0.100. The summed E-state index contributed by atoms with van der Waals surface area (Å²) >= 11 is 1.61. The minimum Gasteiger partial charge on any atom is -0.326 e. The number of benzene rings is 1. The first-order valence-electron chi connectivity index (χ1n) is 8.14. The number of amides is 1. The fraction of sp³-hybridized carbons (Fsp3) is 0.0476. The molecule has 0 saturated carbocycles. The highest BCUT2D eigenvalue weighted by atomic mass is 32.1. The number of carbonyl (C=O) groups excluding carboxylic acids is 1. The van der Waals surface area contributed by atoms with Gasteiger partial charge in [0.25, 0.3) is 0 Å². The highest BCUT2D eigenvalue weighted by molar-refractivity contribution is 7.10. The Hall–Kier alpha value is -3.36. The second kappa shape index (κ2) is 7.26. The molecule has 0 atom stereocenters. The maximum Gasteiger partial charge on any atom is 0.230 e. The van der Waals surface area contributed by atoms with E-state index in [1.807, 2.05) is 76.8 Å². The quantitative estimate of drug-likeness (QED) is 0.564. The van der Waals surface area contributed by atoms with Gasteiger partial charge < -0.3 is 9.72 Å². The Kier molecular flexibility index (Phi) is 4.50. The summed E-state index contributed by atoms with van der Waals surface area (Å²) in [6, 6.07) is 17.3. The predicted octanol–water partition coefficient (Wildman–Crippen LogP) is 3.98. The van der Waals surface area contributed by atoms with Crippen molar-refractivity contribution in [1.29, 1.82) is 0 Å². The Morgan fingerprint density at radius 1 is 1.12 bits per heavy atom. The van der Waals surface area contributed by atoms with Crippen molar-refractivity contribution in [3.63, 3.8) is 0 Å². The molecule has 4 aromatic rings. The monoisotopic (exact) mass is 357 g/mol. The molecule has 0 bridgehead atoms. The van der Waals surface area contributed by atoms with E-state index >= 15 is 0 Å². The summed E-state index contributed by atoms with van der Waals surface area (Å²) in [7, 11) is 0. The van der Waals surface area contributed by atoms with Gasteiger partial charge in [0, 0.05) is 23.6 Å². The van der Waals surface area contributed by atoms with E-state index < -0.39 is 0 Å². The Labute approximate surface area is 155 Å². The largest absolute Gasteiger partial charge is 0.326 e. The molecule has 0 radical (unpaired) electrons. The van der Waals surface area contributed by atoms with Crippen LogP contribution in [0.15, 0.2) is 72.4 Å². The standard InChI is InChI=1S/C21H15N3OS/c25-21(14-18-15-24-11-2-1-8-20(24)22-18)23-17-6-3-5-16(13-17)9-10-19-7-4-12-26-19/h1-8,11-13,15H,14H2,(H,23,25). The molecule has 0 unspecified atom stereocenters. The lowest BCUT2D eigenvalue weighted by Gasteiger charge is -2.04. The maximum absolute atomic E-state index is 12.3.